The van der Waals surface area contributed by atoms with Gasteiger partial charge in [0.25, 0.3) is 0 Å². The predicted octanol–water partition coefficient (Wildman–Crippen LogP) is 3.20. The highest BCUT2D eigenvalue weighted by atomic mass is 35.5. The molecule has 0 aromatic heterocycles. The maximum atomic E-state index is 12.9. The first-order valence-electron chi connectivity index (χ1n) is 7.58. The smallest absolute Gasteiger partial charge is 0.315 e. The van der Waals surface area contributed by atoms with Crippen LogP contribution in [0.1, 0.15) is 30.9 Å². The molecule has 1 atom stereocenters. The Morgan fingerprint density at radius 2 is 2.00 bits per heavy atom. The van der Waals surface area contributed by atoms with Crippen LogP contribution in [0.3, 0.4) is 0 Å². The molecule has 0 radical (unpaired) electrons. The summed E-state index contributed by atoms with van der Waals surface area (Å²) < 4.78 is 66.0. The largest absolute Gasteiger partial charge is 0.416 e. The quantitative estimate of drug-likeness (QED) is 0.845. The zero-order valence-corrected chi connectivity index (χ0v) is 15.2. The Bertz CT molecular complexity index is 659. The van der Waals surface area contributed by atoms with E-state index in [1.807, 2.05) is 6.92 Å². The average Bonchev–Trinajstić information content (AvgIpc) is 2.97. The van der Waals surface area contributed by atoms with Crippen molar-refractivity contribution in [3.05, 3.63) is 29.3 Å². The first-order chi connectivity index (χ1) is 10.7. The van der Waals surface area contributed by atoms with Gasteiger partial charge in [-0.05, 0) is 44.0 Å². The standard InChI is InChI=1S/C15H21F3N2O2S.ClH/c1-3-8-20(13-6-7-19-10-13)23(21,22)14-9-12(15(16,17)18)5-4-11(14)2;/h4-5,9,13,19H,3,6-8,10H2,1-2H3;1H. The van der Waals surface area contributed by atoms with Gasteiger partial charge in [-0.1, -0.05) is 13.0 Å². The molecular weight excluding hydrogens is 365 g/mol. The second-order valence-corrected chi connectivity index (χ2v) is 7.60. The van der Waals surface area contributed by atoms with E-state index in [0.29, 0.717) is 38.0 Å². The number of aryl methyl sites for hydroxylation is 1. The Labute approximate surface area is 146 Å². The van der Waals surface area contributed by atoms with Crippen molar-refractivity contribution in [3.8, 4) is 0 Å². The number of nitrogens with zero attached hydrogens (tertiary/aromatic N) is 1. The molecular formula is C15H22ClF3N2O2S. The Morgan fingerprint density at radius 1 is 1.33 bits per heavy atom. The SMILES string of the molecule is CCCN(C1CCNC1)S(=O)(=O)c1cc(C(F)(F)F)ccc1C.Cl. The van der Waals surface area contributed by atoms with E-state index in [-0.39, 0.29) is 23.3 Å². The lowest BCUT2D eigenvalue weighted by molar-refractivity contribution is -0.137. The third-order valence-electron chi connectivity index (χ3n) is 3.99. The van der Waals surface area contributed by atoms with Gasteiger partial charge < -0.3 is 5.32 Å². The molecule has 1 heterocycles. The molecule has 1 fully saturated rings. The van der Waals surface area contributed by atoms with E-state index >= 15 is 0 Å². The Kier molecular flexibility index (Phi) is 7.10. The zero-order valence-electron chi connectivity index (χ0n) is 13.6. The minimum absolute atomic E-state index is 0. The van der Waals surface area contributed by atoms with Crippen molar-refractivity contribution >= 4 is 22.4 Å². The summed E-state index contributed by atoms with van der Waals surface area (Å²) in [5, 5.41) is 3.10. The van der Waals surface area contributed by atoms with Crippen LogP contribution in [-0.2, 0) is 16.2 Å². The monoisotopic (exact) mass is 386 g/mol. The number of hydrogen-bond acceptors (Lipinski definition) is 3. The van der Waals surface area contributed by atoms with Crippen molar-refractivity contribution in [3.63, 3.8) is 0 Å². The van der Waals surface area contributed by atoms with E-state index < -0.39 is 21.8 Å². The second-order valence-electron chi connectivity index (χ2n) is 5.74. The van der Waals surface area contributed by atoms with Crippen molar-refractivity contribution in [1.82, 2.24) is 9.62 Å². The second kappa shape index (κ2) is 8.03. The fraction of sp³-hybridized carbons (Fsp3) is 0.600. The van der Waals surface area contributed by atoms with Gasteiger partial charge in [0, 0.05) is 19.1 Å². The summed E-state index contributed by atoms with van der Waals surface area (Å²) in [5.41, 5.74) is -0.618. The van der Waals surface area contributed by atoms with Crippen molar-refractivity contribution in [2.75, 3.05) is 19.6 Å². The van der Waals surface area contributed by atoms with Crippen LogP contribution in [-0.4, -0.2) is 38.4 Å². The van der Waals surface area contributed by atoms with Crippen LogP contribution in [0.5, 0.6) is 0 Å². The highest BCUT2D eigenvalue weighted by Gasteiger charge is 2.36. The Balaban J connectivity index is 0.00000288. The molecule has 0 saturated carbocycles. The lowest BCUT2D eigenvalue weighted by atomic mass is 10.1. The summed E-state index contributed by atoms with van der Waals surface area (Å²) in [5.74, 6) is 0. The molecule has 2 rings (SSSR count). The predicted molar refractivity (Wildman–Crippen MR) is 88.9 cm³/mol. The van der Waals surface area contributed by atoms with E-state index in [1.165, 1.54) is 17.3 Å². The van der Waals surface area contributed by atoms with Gasteiger partial charge in [0.05, 0.1) is 10.5 Å². The number of alkyl halides is 3. The van der Waals surface area contributed by atoms with E-state index in [1.54, 1.807) is 0 Å². The van der Waals surface area contributed by atoms with Gasteiger partial charge >= 0.3 is 6.18 Å². The van der Waals surface area contributed by atoms with Crippen molar-refractivity contribution in [1.29, 1.82) is 0 Å². The summed E-state index contributed by atoms with van der Waals surface area (Å²) in [6, 6.07) is 2.66. The van der Waals surface area contributed by atoms with Gasteiger partial charge in [-0.25, -0.2) is 8.42 Å². The minimum atomic E-state index is -4.57. The molecule has 24 heavy (non-hydrogen) atoms. The minimum Gasteiger partial charge on any atom is -0.315 e. The maximum Gasteiger partial charge on any atom is 0.416 e. The first kappa shape index (κ1) is 21.2. The summed E-state index contributed by atoms with van der Waals surface area (Å²) in [4.78, 5) is -0.257. The van der Waals surface area contributed by atoms with E-state index in [9.17, 15) is 21.6 Å². The molecule has 0 bridgehead atoms. The first-order valence-corrected chi connectivity index (χ1v) is 9.02. The number of sulfonamides is 1. The van der Waals surface area contributed by atoms with Crippen LogP contribution in [0.4, 0.5) is 13.2 Å². The molecule has 1 saturated heterocycles. The highest BCUT2D eigenvalue weighted by Crippen LogP contribution is 2.33. The van der Waals surface area contributed by atoms with Crippen LogP contribution < -0.4 is 5.32 Å². The van der Waals surface area contributed by atoms with Gasteiger partial charge in [-0.3, -0.25) is 0 Å². The number of hydrogen-bond donors (Lipinski definition) is 1. The molecule has 138 valence electrons. The normalized spacial score (nSPS) is 18.7. The van der Waals surface area contributed by atoms with Crippen molar-refractivity contribution < 1.29 is 21.6 Å². The Morgan fingerprint density at radius 3 is 2.50 bits per heavy atom. The summed E-state index contributed by atoms with van der Waals surface area (Å²) in [6.45, 7) is 4.90. The maximum absolute atomic E-state index is 12.9. The fourth-order valence-electron chi connectivity index (χ4n) is 2.79. The molecule has 1 N–H and O–H groups in total. The Hall–Kier alpha value is -0.830. The van der Waals surface area contributed by atoms with Crippen LogP contribution >= 0.6 is 12.4 Å². The molecule has 1 aliphatic heterocycles. The van der Waals surface area contributed by atoms with E-state index in [0.717, 1.165) is 12.1 Å². The summed E-state index contributed by atoms with van der Waals surface area (Å²) in [6.07, 6.45) is -3.30. The zero-order chi connectivity index (χ0) is 17.3. The molecule has 1 unspecified atom stereocenters. The van der Waals surface area contributed by atoms with Crippen molar-refractivity contribution in [2.45, 2.75) is 43.8 Å². The van der Waals surface area contributed by atoms with Gasteiger partial charge in [0.2, 0.25) is 10.0 Å². The molecule has 1 aliphatic rings. The lowest BCUT2D eigenvalue weighted by Crippen LogP contribution is -2.42. The molecule has 0 spiro atoms. The van der Waals surface area contributed by atoms with Gasteiger partial charge in [-0.15, -0.1) is 12.4 Å². The highest BCUT2D eigenvalue weighted by molar-refractivity contribution is 7.89. The van der Waals surface area contributed by atoms with E-state index in [4.69, 9.17) is 0 Å². The lowest BCUT2D eigenvalue weighted by Gasteiger charge is -2.28. The van der Waals surface area contributed by atoms with Crippen LogP contribution in [0, 0.1) is 6.92 Å². The molecule has 1 aromatic rings. The number of nitrogens with one attached hydrogen (secondary N) is 1. The van der Waals surface area contributed by atoms with Gasteiger partial charge in [-0.2, -0.15) is 17.5 Å². The number of halogens is 4. The molecule has 9 heteroatoms. The number of rotatable bonds is 5. The van der Waals surface area contributed by atoms with Crippen LogP contribution in [0.15, 0.2) is 23.1 Å². The molecule has 4 nitrogen and oxygen atoms in total. The molecule has 1 aromatic carbocycles. The van der Waals surface area contributed by atoms with Crippen molar-refractivity contribution in [2.24, 2.45) is 0 Å². The molecule has 0 aliphatic carbocycles. The third kappa shape index (κ3) is 4.41. The molecule has 0 amide bonds. The van der Waals surface area contributed by atoms with Gasteiger partial charge in [0.1, 0.15) is 0 Å². The van der Waals surface area contributed by atoms with Crippen LogP contribution in [0.25, 0.3) is 0 Å². The summed E-state index contributed by atoms with van der Waals surface area (Å²) >= 11 is 0. The topological polar surface area (TPSA) is 49.4 Å². The summed E-state index contributed by atoms with van der Waals surface area (Å²) in [7, 11) is -3.97. The van der Waals surface area contributed by atoms with Crippen LogP contribution in [0.2, 0.25) is 0 Å². The third-order valence-corrected chi connectivity index (χ3v) is 6.08. The fourth-order valence-corrected chi connectivity index (χ4v) is 4.78. The van der Waals surface area contributed by atoms with E-state index in [2.05, 4.69) is 5.32 Å². The average molecular weight is 387 g/mol. The van der Waals surface area contributed by atoms with Gasteiger partial charge in [0.15, 0.2) is 0 Å². The number of benzene rings is 1.